The van der Waals surface area contributed by atoms with Crippen LogP contribution in [0.2, 0.25) is 0 Å². The van der Waals surface area contributed by atoms with Gasteiger partial charge in [-0.3, -0.25) is 14.4 Å². The molecule has 0 amide bonds. The van der Waals surface area contributed by atoms with Gasteiger partial charge in [0.15, 0.2) is 17.3 Å². The van der Waals surface area contributed by atoms with Crippen molar-refractivity contribution in [3.05, 3.63) is 112 Å². The van der Waals surface area contributed by atoms with Gasteiger partial charge in [-0.1, -0.05) is 77.0 Å². The van der Waals surface area contributed by atoms with Gasteiger partial charge < -0.3 is 14.7 Å². The number of para-hydroxylation sites is 2. The lowest BCUT2D eigenvalue weighted by molar-refractivity contribution is -0.138. The quantitative estimate of drug-likeness (QED) is 0.102. The van der Waals surface area contributed by atoms with Crippen molar-refractivity contribution in [2.24, 2.45) is 10.1 Å². The van der Waals surface area contributed by atoms with Crippen LogP contribution < -0.4 is 9.47 Å². The lowest BCUT2D eigenvalue weighted by Gasteiger charge is -2.21. The number of ketones is 1. The Morgan fingerprint density at radius 2 is 1.38 bits per heavy atom. The van der Waals surface area contributed by atoms with Crippen LogP contribution in [0.1, 0.15) is 94.6 Å². The highest BCUT2D eigenvalue weighted by molar-refractivity contribution is 6.37. The van der Waals surface area contributed by atoms with E-state index in [1.54, 1.807) is 12.1 Å². The molecule has 288 valence electrons. The van der Waals surface area contributed by atoms with Crippen LogP contribution in [-0.4, -0.2) is 32.5 Å². The third kappa shape index (κ3) is 8.66. The van der Waals surface area contributed by atoms with Gasteiger partial charge in [0.25, 0.3) is 0 Å². The zero-order valence-electron chi connectivity index (χ0n) is 33.1. The minimum absolute atomic E-state index is 0.0772. The van der Waals surface area contributed by atoms with Crippen molar-refractivity contribution in [1.29, 1.82) is 0 Å². The molecule has 7 rings (SSSR count). The minimum Gasteiger partial charge on any atom is -0.454 e. The summed E-state index contributed by atoms with van der Waals surface area (Å²) in [7, 11) is 0. The van der Waals surface area contributed by atoms with E-state index in [4.69, 9.17) is 19.7 Å². The first-order chi connectivity index (χ1) is 25.6. The van der Waals surface area contributed by atoms with Crippen LogP contribution in [0, 0.1) is 20.8 Å². The van der Waals surface area contributed by atoms with E-state index in [2.05, 4.69) is 113 Å². The van der Waals surface area contributed by atoms with Crippen molar-refractivity contribution in [3.63, 3.8) is 0 Å². The molecule has 5 aromatic rings. The van der Waals surface area contributed by atoms with Crippen LogP contribution in [0.4, 0.5) is 18.9 Å². The predicted molar refractivity (Wildman–Crippen MR) is 211 cm³/mol. The smallest absolute Gasteiger partial charge is 0.420 e. The number of hydrogen-bond donors (Lipinski definition) is 1. The molecule has 0 unspecified atom stereocenters. The first kappa shape index (κ1) is 40.5. The average molecular weight is 753 g/mol. The molecule has 3 heterocycles. The van der Waals surface area contributed by atoms with Gasteiger partial charge >= 0.3 is 6.18 Å². The maximum absolute atomic E-state index is 13.2. The third-order valence-electron chi connectivity index (χ3n) is 9.47. The highest BCUT2D eigenvalue weighted by atomic mass is 19.4. The van der Waals surface area contributed by atoms with Crippen LogP contribution in [0.3, 0.4) is 0 Å². The molecule has 0 atom stereocenters. The number of alkyl halides is 3. The molecule has 0 bridgehead atoms. The zero-order chi connectivity index (χ0) is 40.6. The van der Waals surface area contributed by atoms with Crippen LogP contribution in [0.15, 0.2) is 82.9 Å². The molecule has 0 saturated heterocycles. The summed E-state index contributed by atoms with van der Waals surface area (Å²) in [5.41, 5.74) is 7.94. The fourth-order valence-electron chi connectivity index (χ4n) is 5.89. The van der Waals surface area contributed by atoms with Crippen molar-refractivity contribution in [2.45, 2.75) is 93.2 Å². The Labute approximate surface area is 320 Å². The number of nitrogens with zero attached hydrogens (tertiary/aromatic N) is 4. The Kier molecular flexibility index (Phi) is 11.2. The summed E-state index contributed by atoms with van der Waals surface area (Å²) < 4.78 is 53.7. The Bertz CT molecular complexity index is 2320. The number of Topliss-reactive ketones (excluding diaryl/α,β-unsaturated/α-hetero) is 1. The number of oxime groups is 1. The molecule has 11 heteroatoms. The number of aryl methyl sites for hydroxylation is 2. The molecule has 55 heavy (non-hydrogen) atoms. The summed E-state index contributed by atoms with van der Waals surface area (Å²) in [5.74, 6) is 2.65. The molecular weight excluding hydrogens is 706 g/mol. The molecule has 4 aromatic carbocycles. The molecule has 0 spiro atoms. The van der Waals surface area contributed by atoms with Crippen molar-refractivity contribution in [1.82, 2.24) is 9.55 Å². The number of ether oxygens (including phenoxy) is 2. The Balaban J connectivity index is 0.000000181. The second-order valence-corrected chi connectivity index (χ2v) is 15.7. The molecular formula is C44H47F3N4O4. The van der Waals surface area contributed by atoms with E-state index in [0.717, 1.165) is 57.2 Å². The number of aromatic nitrogens is 2. The largest absolute Gasteiger partial charge is 0.454 e. The number of carbonyl (C=O) groups is 1. The summed E-state index contributed by atoms with van der Waals surface area (Å²) in [6.45, 7) is 22.0. The topological polar surface area (TPSA) is 98.3 Å². The molecule has 1 N–H and O–H groups in total. The van der Waals surface area contributed by atoms with Crippen LogP contribution in [-0.2, 0) is 21.8 Å². The highest BCUT2D eigenvalue weighted by Gasteiger charge is 2.36. The van der Waals surface area contributed by atoms with Gasteiger partial charge in [0.1, 0.15) is 28.7 Å². The lowest BCUT2D eigenvalue weighted by Crippen LogP contribution is -2.12. The molecule has 0 radical (unpaired) electrons. The van der Waals surface area contributed by atoms with Crippen LogP contribution >= 0.6 is 0 Å². The molecule has 2 aliphatic rings. The number of aliphatic imine (C=N–C) groups is 1. The third-order valence-corrected chi connectivity index (χ3v) is 9.47. The second-order valence-electron chi connectivity index (χ2n) is 15.7. The molecule has 1 aromatic heterocycles. The SMILES string of the molecule is CC(=O)/C(C)=N\O.CC(C)(C)c1ccc2c(c1)N=Cc1cccc(C(F)(F)F)c1O2.Cc1cccc2c1Oc1ccc(C(C)(C)C)cc1-n1c-2nc(C)c1C. The Morgan fingerprint density at radius 1 is 0.782 bits per heavy atom. The van der Waals surface area contributed by atoms with E-state index >= 15 is 0 Å². The number of hydrogen-bond acceptors (Lipinski definition) is 7. The fraction of sp³-hybridized carbons (Fsp3) is 0.318. The number of halogens is 3. The lowest BCUT2D eigenvalue weighted by atomic mass is 9.86. The molecule has 0 fully saturated rings. The molecule has 8 nitrogen and oxygen atoms in total. The van der Waals surface area contributed by atoms with E-state index in [1.165, 1.54) is 31.7 Å². The second kappa shape index (κ2) is 15.2. The van der Waals surface area contributed by atoms with Gasteiger partial charge in [-0.15, -0.1) is 0 Å². The number of imidazole rings is 1. The number of carbonyl (C=O) groups excluding carboxylic acids is 1. The number of fused-ring (bicyclic) bond motifs is 7. The molecule has 2 aliphatic heterocycles. The van der Waals surface area contributed by atoms with Crippen molar-refractivity contribution < 1.29 is 32.6 Å². The average Bonchev–Trinajstić information content (AvgIpc) is 3.22. The van der Waals surface area contributed by atoms with Gasteiger partial charge in [-0.05, 0) is 97.7 Å². The van der Waals surface area contributed by atoms with Crippen molar-refractivity contribution >= 4 is 23.4 Å². The molecule has 0 saturated carbocycles. The summed E-state index contributed by atoms with van der Waals surface area (Å²) in [6.07, 6.45) is -3.06. The van der Waals surface area contributed by atoms with Crippen molar-refractivity contribution in [2.75, 3.05) is 0 Å². The van der Waals surface area contributed by atoms with Crippen LogP contribution in [0.5, 0.6) is 23.0 Å². The van der Waals surface area contributed by atoms with E-state index < -0.39 is 11.7 Å². The van der Waals surface area contributed by atoms with Gasteiger partial charge in [0, 0.05) is 24.4 Å². The normalized spacial score (nSPS) is 13.0. The number of benzene rings is 4. The van der Waals surface area contributed by atoms with E-state index in [9.17, 15) is 18.0 Å². The highest BCUT2D eigenvalue weighted by Crippen LogP contribution is 2.46. The predicted octanol–water partition coefficient (Wildman–Crippen LogP) is 12.2. The number of rotatable bonds is 1. The zero-order valence-corrected chi connectivity index (χ0v) is 33.1. The van der Waals surface area contributed by atoms with Gasteiger partial charge in [0.05, 0.1) is 22.5 Å². The first-order valence-electron chi connectivity index (χ1n) is 17.9. The van der Waals surface area contributed by atoms with Gasteiger partial charge in [0.2, 0.25) is 0 Å². The fourth-order valence-corrected chi connectivity index (χ4v) is 5.89. The van der Waals surface area contributed by atoms with Crippen molar-refractivity contribution in [3.8, 4) is 40.1 Å². The minimum atomic E-state index is -4.48. The van der Waals surface area contributed by atoms with E-state index in [1.807, 2.05) is 12.1 Å². The van der Waals surface area contributed by atoms with Gasteiger partial charge in [-0.25, -0.2) is 4.98 Å². The van der Waals surface area contributed by atoms with E-state index in [-0.39, 0.29) is 28.1 Å². The maximum atomic E-state index is 13.2. The summed E-state index contributed by atoms with van der Waals surface area (Å²) in [4.78, 5) is 19.3. The summed E-state index contributed by atoms with van der Waals surface area (Å²) in [6, 6.07) is 22.1. The first-order valence-corrected chi connectivity index (χ1v) is 17.9. The molecule has 0 aliphatic carbocycles. The summed E-state index contributed by atoms with van der Waals surface area (Å²) in [5, 5.41) is 10.5. The van der Waals surface area contributed by atoms with Gasteiger partial charge in [-0.2, -0.15) is 13.2 Å². The Hall–Kier alpha value is -5.71. The monoisotopic (exact) mass is 752 g/mol. The maximum Gasteiger partial charge on any atom is 0.420 e. The summed E-state index contributed by atoms with van der Waals surface area (Å²) >= 11 is 0. The van der Waals surface area contributed by atoms with Crippen LogP contribution in [0.25, 0.3) is 17.1 Å². The standard InChI is InChI=1S/C22H24N2O.C18H16F3NO.C4H7NO2/c1-13-8-7-9-17-20(13)25-19-11-10-16(22(4,5)6)12-18(19)24-15(3)14(2)23-21(17)24;1-17(2,3)12-7-8-15-14(9-12)22-10-11-5-4-6-13(16(11)23-15)18(19,20)21;1-3(5-7)4(2)6/h7-12H,1-6H3;4-10H,1-3H3;7H,1-2H3/b;;5-3-. The Morgan fingerprint density at radius 3 is 1.96 bits per heavy atom. The van der Waals surface area contributed by atoms with E-state index in [0.29, 0.717) is 17.0 Å².